The number of rotatable bonds is 3. The molecule has 1 amide bonds. The van der Waals surface area contributed by atoms with E-state index in [1.165, 1.54) is 12.5 Å². The van der Waals surface area contributed by atoms with Crippen LogP contribution in [0.1, 0.15) is 23.4 Å². The Morgan fingerprint density at radius 2 is 2.42 bits per heavy atom. The van der Waals surface area contributed by atoms with Crippen LogP contribution in [0, 0.1) is 0 Å². The first-order valence-corrected chi connectivity index (χ1v) is 8.02. The Balaban J connectivity index is 1.45. The third-order valence-corrected chi connectivity index (χ3v) is 4.48. The Bertz CT molecular complexity index is 674. The van der Waals surface area contributed by atoms with Gasteiger partial charge in [-0.2, -0.15) is 5.10 Å². The van der Waals surface area contributed by atoms with Crippen molar-refractivity contribution in [3.63, 3.8) is 0 Å². The zero-order chi connectivity index (χ0) is 16.4. The number of ether oxygens (including phenoxy) is 2. The van der Waals surface area contributed by atoms with Crippen molar-refractivity contribution in [2.75, 3.05) is 26.3 Å². The SMILES string of the molecule is O=C(c1ccno1)N1CCOCC2(CCC(Cn3cncn3)O2)C1. The lowest BCUT2D eigenvalue weighted by molar-refractivity contribution is -0.0882. The largest absolute Gasteiger partial charge is 0.377 e. The minimum atomic E-state index is -0.475. The second kappa shape index (κ2) is 6.33. The molecular weight excluding hydrogens is 314 g/mol. The van der Waals surface area contributed by atoms with E-state index >= 15 is 0 Å². The molecule has 4 rings (SSSR count). The van der Waals surface area contributed by atoms with Crippen molar-refractivity contribution in [1.82, 2.24) is 24.8 Å². The van der Waals surface area contributed by atoms with Gasteiger partial charge in [-0.1, -0.05) is 5.16 Å². The van der Waals surface area contributed by atoms with Crippen LogP contribution < -0.4 is 0 Å². The van der Waals surface area contributed by atoms with Gasteiger partial charge in [0.15, 0.2) is 0 Å². The molecule has 2 fully saturated rings. The van der Waals surface area contributed by atoms with Crippen LogP contribution >= 0.6 is 0 Å². The summed E-state index contributed by atoms with van der Waals surface area (Å²) in [5, 5.41) is 7.72. The fourth-order valence-corrected chi connectivity index (χ4v) is 3.34. The molecule has 0 radical (unpaired) electrons. The van der Waals surface area contributed by atoms with Crippen molar-refractivity contribution in [2.45, 2.75) is 31.1 Å². The summed E-state index contributed by atoms with van der Waals surface area (Å²) in [6, 6.07) is 1.57. The van der Waals surface area contributed by atoms with Gasteiger partial charge in [-0.05, 0) is 12.8 Å². The van der Waals surface area contributed by atoms with Crippen LogP contribution in [0.3, 0.4) is 0 Å². The van der Waals surface area contributed by atoms with Gasteiger partial charge in [-0.3, -0.25) is 9.48 Å². The van der Waals surface area contributed by atoms with Crippen molar-refractivity contribution < 1.29 is 18.8 Å². The molecule has 2 aromatic heterocycles. The van der Waals surface area contributed by atoms with E-state index in [4.69, 9.17) is 14.0 Å². The number of aromatic nitrogens is 4. The monoisotopic (exact) mass is 333 g/mol. The van der Waals surface area contributed by atoms with Gasteiger partial charge >= 0.3 is 0 Å². The predicted octanol–water partition coefficient (Wildman–Crippen LogP) is 0.356. The molecular formula is C15H19N5O4. The third kappa shape index (κ3) is 3.04. The van der Waals surface area contributed by atoms with E-state index in [1.807, 2.05) is 0 Å². The first kappa shape index (κ1) is 15.3. The van der Waals surface area contributed by atoms with Gasteiger partial charge in [0.05, 0.1) is 38.6 Å². The van der Waals surface area contributed by atoms with Gasteiger partial charge < -0.3 is 18.9 Å². The van der Waals surface area contributed by atoms with Gasteiger partial charge in [0.25, 0.3) is 5.91 Å². The zero-order valence-electron chi connectivity index (χ0n) is 13.2. The molecule has 2 aliphatic rings. The van der Waals surface area contributed by atoms with E-state index in [9.17, 15) is 4.79 Å². The van der Waals surface area contributed by atoms with Crippen LogP contribution in [0.2, 0.25) is 0 Å². The van der Waals surface area contributed by atoms with Crippen LogP contribution in [0.25, 0.3) is 0 Å². The minimum absolute atomic E-state index is 0.0376. The molecule has 2 saturated heterocycles. The van der Waals surface area contributed by atoms with Crippen LogP contribution in [-0.4, -0.2) is 68.7 Å². The molecule has 0 saturated carbocycles. The Labute approximate surface area is 138 Å². The van der Waals surface area contributed by atoms with Crippen molar-refractivity contribution in [3.05, 3.63) is 30.7 Å². The average Bonchev–Trinajstić information content (AvgIpc) is 3.30. The lowest BCUT2D eigenvalue weighted by Gasteiger charge is -2.31. The summed E-state index contributed by atoms with van der Waals surface area (Å²) in [4.78, 5) is 18.2. The number of carbonyl (C=O) groups excluding carboxylic acids is 1. The second-order valence-corrected chi connectivity index (χ2v) is 6.24. The Hall–Kier alpha value is -2.26. The van der Waals surface area contributed by atoms with Crippen molar-refractivity contribution in [3.8, 4) is 0 Å². The summed E-state index contributed by atoms with van der Waals surface area (Å²) in [6.07, 6.45) is 6.43. The van der Waals surface area contributed by atoms with Crippen molar-refractivity contribution in [1.29, 1.82) is 0 Å². The molecule has 9 heteroatoms. The zero-order valence-corrected chi connectivity index (χ0v) is 13.2. The number of nitrogens with zero attached hydrogens (tertiary/aromatic N) is 5. The molecule has 9 nitrogen and oxygen atoms in total. The molecule has 0 aromatic carbocycles. The predicted molar refractivity (Wildman–Crippen MR) is 80.1 cm³/mol. The number of carbonyl (C=O) groups is 1. The Kier molecular flexibility index (Phi) is 4.03. The molecule has 1 spiro atoms. The third-order valence-electron chi connectivity index (χ3n) is 4.48. The summed E-state index contributed by atoms with van der Waals surface area (Å²) >= 11 is 0. The first-order valence-electron chi connectivity index (χ1n) is 8.02. The summed E-state index contributed by atoms with van der Waals surface area (Å²) in [6.45, 7) is 2.62. The Morgan fingerprint density at radius 3 is 3.21 bits per heavy atom. The highest BCUT2D eigenvalue weighted by molar-refractivity contribution is 5.91. The molecule has 4 heterocycles. The van der Waals surface area contributed by atoms with Gasteiger partial charge in [0.1, 0.15) is 18.3 Å². The number of hydrogen-bond donors (Lipinski definition) is 0. The van der Waals surface area contributed by atoms with Crippen LogP contribution in [0.4, 0.5) is 0 Å². The van der Waals surface area contributed by atoms with Crippen LogP contribution in [0.5, 0.6) is 0 Å². The quantitative estimate of drug-likeness (QED) is 0.800. The minimum Gasteiger partial charge on any atom is -0.377 e. The lowest BCUT2D eigenvalue weighted by atomic mass is 10.00. The molecule has 24 heavy (non-hydrogen) atoms. The van der Waals surface area contributed by atoms with Crippen molar-refractivity contribution >= 4 is 5.91 Å². The molecule has 0 bridgehead atoms. The van der Waals surface area contributed by atoms with Gasteiger partial charge in [0.2, 0.25) is 5.76 Å². The maximum Gasteiger partial charge on any atom is 0.292 e. The van der Waals surface area contributed by atoms with Crippen LogP contribution in [-0.2, 0) is 16.0 Å². The fraction of sp³-hybridized carbons (Fsp3) is 0.600. The van der Waals surface area contributed by atoms with Gasteiger partial charge in [-0.15, -0.1) is 0 Å². The molecule has 2 unspecified atom stereocenters. The van der Waals surface area contributed by atoms with Gasteiger partial charge in [-0.25, -0.2) is 4.98 Å². The lowest BCUT2D eigenvalue weighted by Crippen LogP contribution is -2.46. The van der Waals surface area contributed by atoms with Gasteiger partial charge in [0, 0.05) is 12.6 Å². The average molecular weight is 333 g/mol. The van der Waals surface area contributed by atoms with E-state index in [-0.39, 0.29) is 17.8 Å². The summed E-state index contributed by atoms with van der Waals surface area (Å²) in [7, 11) is 0. The highest BCUT2D eigenvalue weighted by Gasteiger charge is 2.44. The molecule has 2 aromatic rings. The number of amides is 1. The fourth-order valence-electron chi connectivity index (χ4n) is 3.34. The van der Waals surface area contributed by atoms with Crippen molar-refractivity contribution in [2.24, 2.45) is 0 Å². The maximum atomic E-state index is 12.6. The van der Waals surface area contributed by atoms with E-state index in [2.05, 4.69) is 15.2 Å². The Morgan fingerprint density at radius 1 is 1.46 bits per heavy atom. The van der Waals surface area contributed by atoms with Crippen LogP contribution in [0.15, 0.2) is 29.4 Å². The highest BCUT2D eigenvalue weighted by atomic mass is 16.6. The summed E-state index contributed by atoms with van der Waals surface area (Å²) in [5.41, 5.74) is -0.475. The smallest absolute Gasteiger partial charge is 0.292 e. The molecule has 128 valence electrons. The van der Waals surface area contributed by atoms with E-state index in [0.717, 1.165) is 12.8 Å². The molecule has 0 aliphatic carbocycles. The molecule has 2 aliphatic heterocycles. The highest BCUT2D eigenvalue weighted by Crippen LogP contribution is 2.34. The topological polar surface area (TPSA) is 95.5 Å². The second-order valence-electron chi connectivity index (χ2n) is 6.24. The van der Waals surface area contributed by atoms with E-state index < -0.39 is 5.60 Å². The molecule has 0 N–H and O–H groups in total. The normalized spacial score (nSPS) is 27.5. The van der Waals surface area contributed by atoms with E-state index in [1.54, 1.807) is 22.0 Å². The standard InChI is InChI=1S/C15H19N5O4/c21-14(13-2-4-18-24-13)19-5-6-22-9-15(8-19)3-1-12(23-15)7-20-11-16-10-17-20/h2,4,10-12H,1,3,5-9H2. The van der Waals surface area contributed by atoms with E-state index in [0.29, 0.717) is 32.8 Å². The maximum absolute atomic E-state index is 12.6. The summed E-state index contributed by atoms with van der Waals surface area (Å²) < 4.78 is 18.8. The summed E-state index contributed by atoms with van der Waals surface area (Å²) in [5.74, 6) is 0.0601. The first-order chi connectivity index (χ1) is 11.7. The molecule has 2 atom stereocenters. The number of hydrogen-bond acceptors (Lipinski definition) is 7.